The summed E-state index contributed by atoms with van der Waals surface area (Å²) in [6.45, 7) is 4.28. The molecule has 1 N–H and O–H groups in total. The zero-order valence-electron chi connectivity index (χ0n) is 14.8. The molecule has 4 nitrogen and oxygen atoms in total. The first-order valence-corrected chi connectivity index (χ1v) is 9.79. The van der Waals surface area contributed by atoms with Gasteiger partial charge in [-0.05, 0) is 55.3 Å². The van der Waals surface area contributed by atoms with Gasteiger partial charge in [-0.15, -0.1) is 0 Å². The molecular weight excluding hydrogens is 346 g/mol. The lowest BCUT2D eigenvalue weighted by Gasteiger charge is -2.12. The summed E-state index contributed by atoms with van der Waals surface area (Å²) < 4.78 is 33.4. The first-order chi connectivity index (χ1) is 12.4. The van der Waals surface area contributed by atoms with E-state index in [0.717, 1.165) is 22.4 Å². The molecule has 0 radical (unpaired) electrons. The highest BCUT2D eigenvalue weighted by Crippen LogP contribution is 2.25. The quantitative estimate of drug-likeness (QED) is 0.688. The van der Waals surface area contributed by atoms with Gasteiger partial charge in [-0.3, -0.25) is 4.72 Å². The number of aryl methyl sites for hydroxylation is 2. The van der Waals surface area contributed by atoms with Crippen molar-refractivity contribution >= 4 is 15.7 Å². The summed E-state index contributed by atoms with van der Waals surface area (Å²) in [7, 11) is -3.61. The summed E-state index contributed by atoms with van der Waals surface area (Å²) in [4.78, 5) is 0.241. The van der Waals surface area contributed by atoms with Gasteiger partial charge in [0.1, 0.15) is 12.4 Å². The predicted octanol–water partition coefficient (Wildman–Crippen LogP) is 4.68. The van der Waals surface area contributed by atoms with Crippen LogP contribution in [0.3, 0.4) is 0 Å². The second-order valence-corrected chi connectivity index (χ2v) is 7.86. The maximum atomic E-state index is 12.5. The van der Waals surface area contributed by atoms with Gasteiger partial charge in [0.25, 0.3) is 10.0 Å². The van der Waals surface area contributed by atoms with Crippen molar-refractivity contribution in [2.75, 3.05) is 4.72 Å². The Morgan fingerprint density at radius 1 is 0.885 bits per heavy atom. The molecule has 5 heteroatoms. The average Bonchev–Trinajstić information content (AvgIpc) is 2.62. The first-order valence-electron chi connectivity index (χ1n) is 8.31. The topological polar surface area (TPSA) is 55.4 Å². The average molecular weight is 367 g/mol. The molecule has 0 aromatic heterocycles. The second-order valence-electron chi connectivity index (χ2n) is 6.17. The number of nitrogens with one attached hydrogen (secondary N) is 1. The molecule has 0 amide bonds. The van der Waals surface area contributed by atoms with Gasteiger partial charge < -0.3 is 4.74 Å². The van der Waals surface area contributed by atoms with Gasteiger partial charge in [0.15, 0.2) is 0 Å². The van der Waals surface area contributed by atoms with E-state index in [1.807, 2.05) is 44.2 Å². The van der Waals surface area contributed by atoms with Gasteiger partial charge in [0.2, 0.25) is 0 Å². The van der Waals surface area contributed by atoms with Crippen molar-refractivity contribution in [3.8, 4) is 5.75 Å². The molecule has 3 aromatic carbocycles. The Hall–Kier alpha value is -2.79. The van der Waals surface area contributed by atoms with E-state index >= 15 is 0 Å². The molecule has 0 aliphatic rings. The van der Waals surface area contributed by atoms with Crippen molar-refractivity contribution < 1.29 is 13.2 Å². The highest BCUT2D eigenvalue weighted by Gasteiger charge is 2.14. The maximum absolute atomic E-state index is 12.5. The Balaban J connectivity index is 1.72. The molecule has 0 unspecified atom stereocenters. The fourth-order valence-electron chi connectivity index (χ4n) is 2.54. The van der Waals surface area contributed by atoms with Crippen LogP contribution in [-0.4, -0.2) is 8.42 Å². The van der Waals surface area contributed by atoms with Crippen LogP contribution in [0.15, 0.2) is 77.7 Å². The molecule has 26 heavy (non-hydrogen) atoms. The van der Waals surface area contributed by atoms with E-state index in [-0.39, 0.29) is 4.90 Å². The zero-order valence-corrected chi connectivity index (χ0v) is 15.6. The van der Waals surface area contributed by atoms with Gasteiger partial charge in [0, 0.05) is 5.69 Å². The molecule has 0 saturated heterocycles. The number of rotatable bonds is 6. The van der Waals surface area contributed by atoms with Crippen LogP contribution in [0.4, 0.5) is 5.69 Å². The molecule has 0 aliphatic heterocycles. The van der Waals surface area contributed by atoms with E-state index in [4.69, 9.17) is 4.74 Å². The van der Waals surface area contributed by atoms with Crippen molar-refractivity contribution in [3.05, 3.63) is 89.5 Å². The molecule has 0 fully saturated rings. The molecule has 0 bridgehead atoms. The molecule has 0 heterocycles. The van der Waals surface area contributed by atoms with E-state index in [2.05, 4.69) is 4.72 Å². The fourth-order valence-corrected chi connectivity index (χ4v) is 3.59. The molecule has 0 aliphatic carbocycles. The smallest absolute Gasteiger partial charge is 0.261 e. The van der Waals surface area contributed by atoms with E-state index in [9.17, 15) is 8.42 Å². The van der Waals surface area contributed by atoms with E-state index < -0.39 is 10.0 Å². The van der Waals surface area contributed by atoms with Gasteiger partial charge in [-0.1, -0.05) is 48.0 Å². The fraction of sp³-hybridized carbons (Fsp3) is 0.143. The third-order valence-corrected chi connectivity index (χ3v) is 5.39. The van der Waals surface area contributed by atoms with Crippen LogP contribution in [-0.2, 0) is 16.6 Å². The number of sulfonamides is 1. The summed E-state index contributed by atoms with van der Waals surface area (Å²) in [6, 6.07) is 21.9. The van der Waals surface area contributed by atoms with Crippen LogP contribution < -0.4 is 9.46 Å². The van der Waals surface area contributed by atoms with Crippen molar-refractivity contribution in [1.82, 2.24) is 0 Å². The Morgan fingerprint density at radius 2 is 1.58 bits per heavy atom. The highest BCUT2D eigenvalue weighted by atomic mass is 32.2. The lowest BCUT2D eigenvalue weighted by Crippen LogP contribution is -2.13. The Labute approximate surface area is 154 Å². The Bertz CT molecular complexity index is 982. The SMILES string of the molecule is Cc1ccc(S(=O)(=O)Nc2ccc(OCc3ccccc3)c(C)c2)cc1. The third-order valence-electron chi connectivity index (χ3n) is 4.00. The lowest BCUT2D eigenvalue weighted by atomic mass is 10.2. The van der Waals surface area contributed by atoms with Crippen molar-refractivity contribution in [2.24, 2.45) is 0 Å². The number of ether oxygens (including phenoxy) is 1. The third kappa shape index (κ3) is 4.43. The zero-order chi connectivity index (χ0) is 18.6. The summed E-state index contributed by atoms with van der Waals surface area (Å²) >= 11 is 0. The molecule has 3 rings (SSSR count). The van der Waals surface area contributed by atoms with Crippen LogP contribution in [0.2, 0.25) is 0 Å². The van der Waals surface area contributed by atoms with Crippen LogP contribution >= 0.6 is 0 Å². The normalized spacial score (nSPS) is 11.2. The minimum Gasteiger partial charge on any atom is -0.489 e. The molecule has 0 atom stereocenters. The second kappa shape index (κ2) is 7.62. The van der Waals surface area contributed by atoms with Crippen LogP contribution in [0, 0.1) is 13.8 Å². The first kappa shape index (κ1) is 18.0. The minimum atomic E-state index is -3.61. The van der Waals surface area contributed by atoms with E-state index in [1.165, 1.54) is 0 Å². The van der Waals surface area contributed by atoms with Gasteiger partial charge in [-0.25, -0.2) is 8.42 Å². The molecule has 134 valence electrons. The van der Waals surface area contributed by atoms with Crippen LogP contribution in [0.5, 0.6) is 5.75 Å². The summed E-state index contributed by atoms with van der Waals surface area (Å²) in [5, 5.41) is 0. The van der Waals surface area contributed by atoms with Crippen molar-refractivity contribution in [1.29, 1.82) is 0 Å². The summed E-state index contributed by atoms with van der Waals surface area (Å²) in [5.41, 5.74) is 3.47. The summed E-state index contributed by atoms with van der Waals surface area (Å²) in [6.07, 6.45) is 0. The number of benzene rings is 3. The predicted molar refractivity (Wildman–Crippen MR) is 104 cm³/mol. The van der Waals surface area contributed by atoms with Crippen LogP contribution in [0.25, 0.3) is 0 Å². The van der Waals surface area contributed by atoms with Crippen molar-refractivity contribution in [2.45, 2.75) is 25.3 Å². The highest BCUT2D eigenvalue weighted by molar-refractivity contribution is 7.92. The molecular formula is C21H21NO3S. The minimum absolute atomic E-state index is 0.241. The van der Waals surface area contributed by atoms with Crippen LogP contribution in [0.1, 0.15) is 16.7 Å². The van der Waals surface area contributed by atoms with E-state index in [0.29, 0.717) is 12.3 Å². The molecule has 0 spiro atoms. The standard InChI is InChI=1S/C21H21NO3S/c1-16-8-11-20(12-9-16)26(23,24)22-19-10-13-21(17(2)14-19)25-15-18-6-4-3-5-7-18/h3-14,22H,15H2,1-2H3. The monoisotopic (exact) mass is 367 g/mol. The lowest BCUT2D eigenvalue weighted by molar-refractivity contribution is 0.304. The van der Waals surface area contributed by atoms with Gasteiger partial charge in [0.05, 0.1) is 4.90 Å². The molecule has 0 saturated carbocycles. The maximum Gasteiger partial charge on any atom is 0.261 e. The number of hydrogen-bond acceptors (Lipinski definition) is 3. The van der Waals surface area contributed by atoms with Gasteiger partial charge in [-0.2, -0.15) is 0 Å². The largest absolute Gasteiger partial charge is 0.489 e. The van der Waals surface area contributed by atoms with Gasteiger partial charge >= 0.3 is 0 Å². The number of hydrogen-bond donors (Lipinski definition) is 1. The van der Waals surface area contributed by atoms with E-state index in [1.54, 1.807) is 42.5 Å². The molecule has 3 aromatic rings. The Morgan fingerprint density at radius 3 is 2.23 bits per heavy atom. The van der Waals surface area contributed by atoms with Crippen molar-refractivity contribution in [3.63, 3.8) is 0 Å². The number of anilines is 1. The summed E-state index contributed by atoms with van der Waals surface area (Å²) in [5.74, 6) is 0.729. The Kier molecular flexibility index (Phi) is 5.28.